The molecule has 1 aliphatic carbocycles. The predicted octanol–water partition coefficient (Wildman–Crippen LogP) is 4.72. The molecule has 1 N–H and O–H groups in total. The van der Waals surface area contributed by atoms with E-state index < -0.39 is 0 Å². The second kappa shape index (κ2) is 8.86. The van der Waals surface area contributed by atoms with Crippen LogP contribution in [0.15, 0.2) is 51.6 Å². The molecule has 0 aliphatic heterocycles. The summed E-state index contributed by atoms with van der Waals surface area (Å²) in [5.41, 5.74) is 3.44. The summed E-state index contributed by atoms with van der Waals surface area (Å²) in [5, 5.41) is 12.6. The van der Waals surface area contributed by atoms with E-state index in [2.05, 4.69) is 33.7 Å². The molecule has 0 spiro atoms. The molecular weight excluding hydrogens is 384 g/mol. The van der Waals surface area contributed by atoms with Crippen molar-refractivity contribution >= 4 is 28.6 Å². The number of allylic oxidation sites excluding steroid dienone is 1. The van der Waals surface area contributed by atoms with Crippen LogP contribution in [0.2, 0.25) is 0 Å². The van der Waals surface area contributed by atoms with Crippen molar-refractivity contribution in [3.05, 3.63) is 42.0 Å². The molecule has 1 aromatic carbocycles. The molecule has 0 fully saturated rings. The maximum absolute atomic E-state index is 12.4. The molecule has 0 bridgehead atoms. The molecule has 3 aromatic rings. The first kappa shape index (κ1) is 19.8. The maximum atomic E-state index is 12.4. The van der Waals surface area contributed by atoms with E-state index in [9.17, 15) is 4.79 Å². The molecule has 4 rings (SSSR count). The highest BCUT2D eigenvalue weighted by atomic mass is 32.2. The van der Waals surface area contributed by atoms with Crippen molar-refractivity contribution < 1.29 is 9.21 Å². The van der Waals surface area contributed by atoms with Crippen LogP contribution in [0.4, 0.5) is 0 Å². The molecule has 0 saturated heterocycles. The maximum Gasteiger partial charge on any atom is 0.277 e. The zero-order valence-electron chi connectivity index (χ0n) is 16.9. The number of thioether (sulfide) groups is 1. The van der Waals surface area contributed by atoms with Crippen molar-refractivity contribution in [3.8, 4) is 11.6 Å². The van der Waals surface area contributed by atoms with E-state index in [-0.39, 0.29) is 11.2 Å². The summed E-state index contributed by atoms with van der Waals surface area (Å²) in [5.74, 6) is 0.457. The van der Waals surface area contributed by atoms with E-state index in [0.29, 0.717) is 17.7 Å². The fourth-order valence-electron chi connectivity index (χ4n) is 3.68. The molecule has 152 valence electrons. The number of carbonyl (C=O) groups is 1. The Balaban J connectivity index is 1.35. The van der Waals surface area contributed by atoms with E-state index in [4.69, 9.17) is 4.42 Å². The first-order valence-corrected chi connectivity index (χ1v) is 11.0. The van der Waals surface area contributed by atoms with Gasteiger partial charge in [0.05, 0.1) is 5.25 Å². The van der Waals surface area contributed by atoms with Crippen molar-refractivity contribution in [1.82, 2.24) is 20.1 Å². The summed E-state index contributed by atoms with van der Waals surface area (Å²) in [4.78, 5) is 12.4. The van der Waals surface area contributed by atoms with Gasteiger partial charge < -0.3 is 14.3 Å². The largest absolute Gasteiger partial charge is 0.410 e. The molecule has 2 aromatic heterocycles. The molecule has 7 heteroatoms. The summed E-state index contributed by atoms with van der Waals surface area (Å²) >= 11 is 1.29. The van der Waals surface area contributed by atoms with Gasteiger partial charge in [-0.2, -0.15) is 0 Å². The van der Waals surface area contributed by atoms with E-state index in [1.54, 1.807) is 0 Å². The monoisotopic (exact) mass is 410 g/mol. The smallest absolute Gasteiger partial charge is 0.277 e. The number of aryl methyl sites for hydroxylation is 1. The van der Waals surface area contributed by atoms with Crippen LogP contribution in [0, 0.1) is 0 Å². The lowest BCUT2D eigenvalue weighted by Gasteiger charge is -2.14. The third-order valence-corrected chi connectivity index (χ3v) is 6.29. The lowest BCUT2D eigenvalue weighted by atomic mass is 9.97. The summed E-state index contributed by atoms with van der Waals surface area (Å²) in [6.07, 6.45) is 8.15. The lowest BCUT2D eigenvalue weighted by Crippen LogP contribution is -2.31. The molecule has 1 amide bonds. The van der Waals surface area contributed by atoms with Crippen LogP contribution in [-0.2, 0) is 11.8 Å². The van der Waals surface area contributed by atoms with Gasteiger partial charge in [0.25, 0.3) is 11.1 Å². The minimum Gasteiger partial charge on any atom is -0.410 e. The Morgan fingerprint density at radius 2 is 2.17 bits per heavy atom. The van der Waals surface area contributed by atoms with Gasteiger partial charge in [0, 0.05) is 24.5 Å². The molecule has 1 atom stereocenters. The zero-order chi connectivity index (χ0) is 20.2. The fraction of sp³-hybridized carbons (Fsp3) is 0.409. The van der Waals surface area contributed by atoms with Gasteiger partial charge in [-0.1, -0.05) is 41.6 Å². The number of aromatic nitrogens is 3. The summed E-state index contributed by atoms with van der Waals surface area (Å²) in [6, 6.07) is 10.2. The Hall–Kier alpha value is -2.54. The third kappa shape index (κ3) is 4.56. The van der Waals surface area contributed by atoms with Crippen LogP contribution >= 0.6 is 11.8 Å². The number of para-hydroxylation sites is 1. The van der Waals surface area contributed by atoms with Crippen LogP contribution in [-0.4, -0.2) is 32.5 Å². The molecule has 1 aliphatic rings. The number of carbonyl (C=O) groups excluding carboxylic acids is 1. The Morgan fingerprint density at radius 3 is 2.97 bits per heavy atom. The number of amides is 1. The fourth-order valence-corrected chi connectivity index (χ4v) is 4.39. The summed E-state index contributed by atoms with van der Waals surface area (Å²) < 4.78 is 7.87. The number of nitrogens with zero attached hydrogens (tertiary/aromatic N) is 3. The van der Waals surface area contributed by atoms with E-state index in [1.165, 1.54) is 43.0 Å². The third-order valence-electron chi connectivity index (χ3n) is 5.35. The number of nitrogens with one attached hydrogen (secondary N) is 1. The van der Waals surface area contributed by atoms with Crippen molar-refractivity contribution in [2.75, 3.05) is 6.54 Å². The Bertz CT molecular complexity index is 1040. The minimum absolute atomic E-state index is 0.00392. The van der Waals surface area contributed by atoms with Crippen molar-refractivity contribution in [2.45, 2.75) is 49.5 Å². The number of fused-ring (bicyclic) bond motifs is 1. The number of rotatable bonds is 7. The first-order chi connectivity index (χ1) is 14.1. The summed E-state index contributed by atoms with van der Waals surface area (Å²) in [7, 11) is 1.98. The van der Waals surface area contributed by atoms with E-state index in [0.717, 1.165) is 23.0 Å². The van der Waals surface area contributed by atoms with E-state index in [1.807, 2.05) is 36.7 Å². The molecule has 0 saturated carbocycles. The summed E-state index contributed by atoms with van der Waals surface area (Å²) in [6.45, 7) is 2.54. The minimum atomic E-state index is -0.295. The number of hydrogen-bond donors (Lipinski definition) is 1. The molecule has 2 heterocycles. The van der Waals surface area contributed by atoms with Gasteiger partial charge in [0.1, 0.15) is 5.69 Å². The molecule has 0 unspecified atom stereocenters. The second-order valence-electron chi connectivity index (χ2n) is 7.43. The standard InChI is InChI=1S/C22H26N4O2S/c1-15(20(27)23-13-12-16-8-4-3-5-9-16)29-22-25-24-21(28-22)19-14-17-10-6-7-11-18(17)26(19)2/h6-8,10-11,14-15H,3-5,9,12-13H2,1-2H3,(H,23,27)/t15-/m1/s1. The van der Waals surface area contributed by atoms with Gasteiger partial charge in [-0.3, -0.25) is 4.79 Å². The molecule has 29 heavy (non-hydrogen) atoms. The van der Waals surface area contributed by atoms with Gasteiger partial charge in [0.2, 0.25) is 5.91 Å². The zero-order valence-corrected chi connectivity index (χ0v) is 17.7. The van der Waals surface area contributed by atoms with Crippen LogP contribution < -0.4 is 5.32 Å². The second-order valence-corrected chi connectivity index (χ2v) is 8.72. The molecular formula is C22H26N4O2S. The van der Waals surface area contributed by atoms with Gasteiger partial charge >= 0.3 is 0 Å². The average molecular weight is 411 g/mol. The van der Waals surface area contributed by atoms with Gasteiger partial charge in [-0.05, 0) is 51.2 Å². The average Bonchev–Trinajstić information content (AvgIpc) is 3.33. The highest BCUT2D eigenvalue weighted by Gasteiger charge is 2.20. The van der Waals surface area contributed by atoms with Crippen LogP contribution in [0.5, 0.6) is 0 Å². The van der Waals surface area contributed by atoms with Crippen molar-refractivity contribution in [1.29, 1.82) is 0 Å². The highest BCUT2D eigenvalue weighted by molar-refractivity contribution is 8.00. The van der Waals surface area contributed by atoms with Gasteiger partial charge in [-0.25, -0.2) is 0 Å². The predicted molar refractivity (Wildman–Crippen MR) is 116 cm³/mol. The first-order valence-electron chi connectivity index (χ1n) is 10.1. The Kier molecular flexibility index (Phi) is 6.04. The number of benzene rings is 1. The van der Waals surface area contributed by atoms with Crippen LogP contribution in [0.3, 0.4) is 0 Å². The number of hydrogen-bond acceptors (Lipinski definition) is 5. The molecule has 0 radical (unpaired) electrons. The van der Waals surface area contributed by atoms with Gasteiger partial charge in [-0.15, -0.1) is 10.2 Å². The van der Waals surface area contributed by atoms with Crippen LogP contribution in [0.25, 0.3) is 22.5 Å². The quantitative estimate of drug-likeness (QED) is 0.451. The Labute approximate surface area is 174 Å². The highest BCUT2D eigenvalue weighted by Crippen LogP contribution is 2.29. The van der Waals surface area contributed by atoms with Crippen molar-refractivity contribution in [3.63, 3.8) is 0 Å². The van der Waals surface area contributed by atoms with Crippen LogP contribution in [0.1, 0.15) is 39.0 Å². The topological polar surface area (TPSA) is 73.0 Å². The van der Waals surface area contributed by atoms with Crippen molar-refractivity contribution in [2.24, 2.45) is 7.05 Å². The lowest BCUT2D eigenvalue weighted by molar-refractivity contribution is -0.120. The SMILES string of the molecule is C[C@@H](Sc1nnc(-c2cc3ccccc3n2C)o1)C(=O)NCCC1=CCCCC1. The van der Waals surface area contributed by atoms with E-state index >= 15 is 0 Å². The van der Waals surface area contributed by atoms with Gasteiger partial charge in [0.15, 0.2) is 0 Å². The Morgan fingerprint density at radius 1 is 1.31 bits per heavy atom. The molecule has 6 nitrogen and oxygen atoms in total. The normalized spacial score (nSPS) is 15.3.